The number of amidine groups is 1. The van der Waals surface area contributed by atoms with Crippen LogP contribution in [-0.2, 0) is 12.8 Å². The second kappa shape index (κ2) is 15.0. The number of aromatic nitrogens is 2. The van der Waals surface area contributed by atoms with Gasteiger partial charge in [-0.25, -0.2) is 4.99 Å². The fourth-order valence-electron chi connectivity index (χ4n) is 12.0. The number of hydrogen-bond acceptors (Lipinski definition) is 3. The standard InChI is InChI=1S/C61H49N5/c1-2-15-41(16-3-1)59-62-60(64-61(63-59)44-31-29-40-28-27-39-14-4-6-18-47(39)52(40)36-44)43-30-26-38-32-33-46(35-45(38)34-43)65-55-25-13-10-22-51(55)57-56(65)37-42-17-5-7-19-48(42)58(57)66-53-23-11-8-20-49(53)50-21-9-12-24-54(50)66/h2,4-12,14-18,20-24,26-31,34-37,48,59-60,62H,1,3,13,19,25,32-33H2,(H,63,64). The second-order valence-corrected chi connectivity index (χ2v) is 18.8. The third-order valence-corrected chi connectivity index (χ3v) is 15.1. The van der Waals surface area contributed by atoms with Gasteiger partial charge in [-0.3, -0.25) is 5.32 Å². The van der Waals surface area contributed by atoms with E-state index in [0.29, 0.717) is 0 Å². The molecule has 14 rings (SSSR count). The lowest BCUT2D eigenvalue weighted by Crippen LogP contribution is -2.52. The molecule has 0 saturated heterocycles. The Balaban J connectivity index is 0.927. The summed E-state index contributed by atoms with van der Waals surface area (Å²) < 4.78 is 5.29. The molecule has 3 atom stereocenters. The molecule has 5 heteroatoms. The van der Waals surface area contributed by atoms with Crippen LogP contribution >= 0.6 is 0 Å². The van der Waals surface area contributed by atoms with E-state index in [-0.39, 0.29) is 18.2 Å². The van der Waals surface area contributed by atoms with Gasteiger partial charge in [0.2, 0.25) is 0 Å². The van der Waals surface area contributed by atoms with Crippen molar-refractivity contribution in [3.05, 3.63) is 219 Å². The second-order valence-electron chi connectivity index (χ2n) is 18.8. The average Bonchev–Trinajstić information content (AvgIpc) is 3.90. The number of hydrogen-bond donors (Lipinski definition) is 2. The molecule has 8 aromatic rings. The van der Waals surface area contributed by atoms with Gasteiger partial charge >= 0.3 is 0 Å². The molecular weight excluding hydrogens is 803 g/mol. The number of para-hydroxylation sites is 2. The first-order valence-corrected chi connectivity index (χ1v) is 24.0. The summed E-state index contributed by atoms with van der Waals surface area (Å²) in [4.78, 5) is 5.49. The van der Waals surface area contributed by atoms with Gasteiger partial charge in [-0.2, -0.15) is 0 Å². The fourth-order valence-corrected chi connectivity index (χ4v) is 12.0. The van der Waals surface area contributed by atoms with Crippen molar-refractivity contribution in [2.45, 2.75) is 57.3 Å². The van der Waals surface area contributed by atoms with Crippen LogP contribution in [-0.4, -0.2) is 21.1 Å². The SMILES string of the molecule is C1=CCC2C(=C1)C=c1c(c3c(n1C1=Cc4cc(C5N=C(c6ccc7ccc8ccccc8c7c6)NC(C6=CCCC=C6)N5)ccc4CC1)CCC=C3)=C2n1c2ccccc2c2ccccc21. The molecule has 66 heavy (non-hydrogen) atoms. The van der Waals surface area contributed by atoms with Gasteiger partial charge < -0.3 is 14.5 Å². The molecule has 3 heterocycles. The van der Waals surface area contributed by atoms with Gasteiger partial charge in [0.1, 0.15) is 18.2 Å². The highest BCUT2D eigenvalue weighted by Crippen LogP contribution is 2.40. The molecule has 0 spiro atoms. The van der Waals surface area contributed by atoms with E-state index >= 15 is 0 Å². The number of aryl methyl sites for hydroxylation is 1. The van der Waals surface area contributed by atoms with Crippen molar-refractivity contribution in [1.82, 2.24) is 19.8 Å². The summed E-state index contributed by atoms with van der Waals surface area (Å²) in [6.45, 7) is 0. The van der Waals surface area contributed by atoms with Gasteiger partial charge in [0, 0.05) is 50.1 Å². The molecule has 5 aliphatic carbocycles. The van der Waals surface area contributed by atoms with Crippen molar-refractivity contribution in [1.29, 1.82) is 0 Å². The van der Waals surface area contributed by atoms with Crippen molar-refractivity contribution in [2.75, 3.05) is 0 Å². The zero-order valence-corrected chi connectivity index (χ0v) is 36.8. The number of fused-ring (bicyclic) bond motifs is 11. The third kappa shape index (κ3) is 5.92. The molecule has 0 bridgehead atoms. The maximum atomic E-state index is 5.49. The quantitative estimate of drug-likeness (QED) is 0.169. The van der Waals surface area contributed by atoms with Gasteiger partial charge in [0.05, 0.1) is 16.4 Å². The zero-order valence-electron chi connectivity index (χ0n) is 36.8. The van der Waals surface area contributed by atoms with Crippen LogP contribution in [0.4, 0.5) is 0 Å². The van der Waals surface area contributed by atoms with E-state index in [0.717, 1.165) is 56.3 Å². The van der Waals surface area contributed by atoms with Gasteiger partial charge in [-0.1, -0.05) is 146 Å². The normalized spacial score (nSPS) is 20.8. The topological polar surface area (TPSA) is 46.3 Å². The average molecular weight is 852 g/mol. The Morgan fingerprint density at radius 2 is 1.41 bits per heavy atom. The number of benzene rings is 6. The largest absolute Gasteiger partial charge is 0.350 e. The minimum Gasteiger partial charge on any atom is -0.350 e. The highest BCUT2D eigenvalue weighted by molar-refractivity contribution is 6.12. The molecule has 3 unspecified atom stereocenters. The number of nitrogens with one attached hydrogen (secondary N) is 2. The van der Waals surface area contributed by atoms with Crippen LogP contribution in [0.15, 0.2) is 180 Å². The molecule has 0 amide bonds. The third-order valence-electron chi connectivity index (χ3n) is 15.1. The lowest BCUT2D eigenvalue weighted by molar-refractivity contribution is 0.440. The summed E-state index contributed by atoms with van der Waals surface area (Å²) >= 11 is 0. The monoisotopic (exact) mass is 851 g/mol. The highest BCUT2D eigenvalue weighted by Gasteiger charge is 2.33. The Kier molecular flexibility index (Phi) is 8.63. The van der Waals surface area contributed by atoms with Crippen molar-refractivity contribution in [3.63, 3.8) is 0 Å². The van der Waals surface area contributed by atoms with Crippen LogP contribution in [0, 0.1) is 5.92 Å². The fraction of sp³-hybridized carbons (Fsp3) is 0.164. The lowest BCUT2D eigenvalue weighted by Gasteiger charge is -2.33. The lowest BCUT2D eigenvalue weighted by atomic mass is 9.83. The Bertz CT molecular complexity index is 3710. The van der Waals surface area contributed by atoms with E-state index in [4.69, 9.17) is 4.99 Å². The molecule has 318 valence electrons. The van der Waals surface area contributed by atoms with Crippen LogP contribution in [0.5, 0.6) is 0 Å². The van der Waals surface area contributed by atoms with Crippen LogP contribution < -0.4 is 21.2 Å². The molecule has 5 nitrogen and oxygen atoms in total. The zero-order chi connectivity index (χ0) is 43.3. The van der Waals surface area contributed by atoms with Crippen LogP contribution in [0.2, 0.25) is 0 Å². The molecule has 2 aromatic heterocycles. The van der Waals surface area contributed by atoms with E-state index in [9.17, 15) is 0 Å². The first-order valence-electron chi connectivity index (χ1n) is 24.0. The Hall–Kier alpha value is -7.47. The van der Waals surface area contributed by atoms with E-state index in [2.05, 4.69) is 202 Å². The van der Waals surface area contributed by atoms with Crippen LogP contribution in [0.1, 0.15) is 71.8 Å². The Labute approximate surface area is 384 Å². The number of nitrogens with zero attached hydrogens (tertiary/aromatic N) is 3. The predicted octanol–water partition coefficient (Wildman–Crippen LogP) is 12.0. The van der Waals surface area contributed by atoms with Crippen molar-refractivity contribution in [2.24, 2.45) is 10.9 Å². The number of rotatable bonds is 5. The molecule has 0 radical (unpaired) electrons. The van der Waals surface area contributed by atoms with Crippen molar-refractivity contribution >= 4 is 78.8 Å². The Morgan fingerprint density at radius 3 is 2.26 bits per heavy atom. The summed E-state index contributed by atoms with van der Waals surface area (Å²) in [5, 5.41) is 18.1. The first kappa shape index (κ1) is 37.9. The van der Waals surface area contributed by atoms with Crippen LogP contribution in [0.25, 0.3) is 73.0 Å². The first-order chi connectivity index (χ1) is 32.7. The summed E-state index contributed by atoms with van der Waals surface area (Å²) in [5.74, 6) is 1.18. The van der Waals surface area contributed by atoms with Crippen molar-refractivity contribution < 1.29 is 0 Å². The summed E-state index contributed by atoms with van der Waals surface area (Å²) in [6, 6.07) is 45.0. The molecule has 6 aromatic carbocycles. The highest BCUT2D eigenvalue weighted by atomic mass is 15.3. The molecule has 2 N–H and O–H groups in total. The van der Waals surface area contributed by atoms with Gasteiger partial charge in [-0.15, -0.1) is 0 Å². The summed E-state index contributed by atoms with van der Waals surface area (Å²) in [6.07, 6.45) is 30.6. The van der Waals surface area contributed by atoms with E-state index in [1.807, 2.05) is 0 Å². The van der Waals surface area contributed by atoms with Gasteiger partial charge in [0.15, 0.2) is 0 Å². The van der Waals surface area contributed by atoms with Crippen molar-refractivity contribution in [3.8, 4) is 0 Å². The molecular formula is C61H49N5. The van der Waals surface area contributed by atoms with Gasteiger partial charge in [-0.05, 0) is 131 Å². The van der Waals surface area contributed by atoms with E-state index < -0.39 is 0 Å². The smallest absolute Gasteiger partial charge is 0.131 e. The number of aliphatic imine (C=N–C) groups is 1. The summed E-state index contributed by atoms with van der Waals surface area (Å²) in [7, 11) is 0. The minimum absolute atomic E-state index is 0.0707. The van der Waals surface area contributed by atoms with E-state index in [1.165, 1.54) is 104 Å². The molecule has 0 fully saturated rings. The maximum Gasteiger partial charge on any atom is 0.131 e. The maximum absolute atomic E-state index is 5.49. The molecule has 1 aliphatic heterocycles. The molecule has 0 saturated carbocycles. The summed E-state index contributed by atoms with van der Waals surface area (Å²) in [5.41, 5.74) is 15.8. The van der Waals surface area contributed by atoms with Gasteiger partial charge in [0.25, 0.3) is 0 Å². The Morgan fingerprint density at radius 1 is 0.621 bits per heavy atom. The minimum atomic E-state index is -0.230. The number of allylic oxidation sites excluding steroid dienone is 8. The molecule has 6 aliphatic rings. The van der Waals surface area contributed by atoms with E-state index in [1.54, 1.807) is 0 Å². The van der Waals surface area contributed by atoms with Crippen LogP contribution in [0.3, 0.4) is 0 Å². The predicted molar refractivity (Wildman–Crippen MR) is 275 cm³/mol.